The van der Waals surface area contributed by atoms with Gasteiger partial charge in [0.05, 0.1) is 25.9 Å². The van der Waals surface area contributed by atoms with E-state index in [0.717, 1.165) is 27.8 Å². The predicted molar refractivity (Wildman–Crippen MR) is 191 cm³/mol. The van der Waals surface area contributed by atoms with Gasteiger partial charge in [-0.05, 0) is 34.7 Å². The highest BCUT2D eigenvalue weighted by atomic mass is 31.2. The molecule has 0 aromatic heterocycles. The molecule has 9 heteroatoms. The lowest BCUT2D eigenvalue weighted by atomic mass is 9.73. The van der Waals surface area contributed by atoms with Gasteiger partial charge in [-0.2, -0.15) is 0 Å². The topological polar surface area (TPSA) is 104 Å². The molecule has 0 unspecified atom stereocenters. The molecular weight excluding hydrogens is 651 g/mol. The minimum Gasteiger partial charge on any atom is -0.368 e. The molecule has 2 N–H and O–H groups in total. The molecule has 5 aromatic carbocycles. The summed E-state index contributed by atoms with van der Waals surface area (Å²) < 4.78 is 46.8. The van der Waals surface area contributed by atoms with Crippen LogP contribution >= 0.6 is 7.82 Å². The van der Waals surface area contributed by atoms with Gasteiger partial charge in [0, 0.05) is 12.8 Å². The van der Waals surface area contributed by atoms with Crippen molar-refractivity contribution in [2.24, 2.45) is 0 Å². The van der Waals surface area contributed by atoms with E-state index in [-0.39, 0.29) is 32.7 Å². The minimum absolute atomic E-state index is 0.0541. The lowest BCUT2D eigenvalue weighted by Crippen LogP contribution is -2.76. The zero-order valence-corrected chi connectivity index (χ0v) is 28.9. The molecule has 1 saturated heterocycles. The first-order valence-electron chi connectivity index (χ1n) is 16.8. The van der Waals surface area contributed by atoms with Crippen LogP contribution in [0.5, 0.6) is 0 Å². The molecule has 0 aliphatic carbocycles. The standard InChI is InChI=1S/C41H43O8P/c1-32-38(45-29-35-21-11-4-12-22-35)39(46-30-36-23-13-5-14-24-36)40(27-33-17-7-2-8-18-33,47-31-37-25-15-6-16-26-37)41(48-32,49-50(42,43)44)28-34-19-9-3-10-20-34/h2-26,32,38-39H,27-31H2,1H3,(H2,42,43,44)/t32-,38-,39+,40-,41-/m1/s1. The molecule has 0 amide bonds. The number of phosphoric ester groups is 1. The molecule has 1 aliphatic rings. The first kappa shape index (κ1) is 35.9. The van der Waals surface area contributed by atoms with E-state index in [1.807, 2.05) is 159 Å². The molecule has 1 aliphatic heterocycles. The van der Waals surface area contributed by atoms with E-state index in [1.54, 1.807) is 0 Å². The predicted octanol–water partition coefficient (Wildman–Crippen LogP) is 7.82. The van der Waals surface area contributed by atoms with Crippen molar-refractivity contribution in [1.82, 2.24) is 0 Å². The molecule has 0 saturated carbocycles. The second-order valence-electron chi connectivity index (χ2n) is 12.6. The zero-order chi connectivity index (χ0) is 34.9. The van der Waals surface area contributed by atoms with Crippen LogP contribution in [0.4, 0.5) is 0 Å². The highest BCUT2D eigenvalue weighted by molar-refractivity contribution is 7.46. The molecule has 8 nitrogen and oxygen atoms in total. The van der Waals surface area contributed by atoms with E-state index in [2.05, 4.69) is 0 Å². The normalized spacial score (nSPS) is 23.8. The van der Waals surface area contributed by atoms with Gasteiger partial charge in [0.1, 0.15) is 12.2 Å². The van der Waals surface area contributed by atoms with Gasteiger partial charge in [-0.1, -0.05) is 152 Å². The summed E-state index contributed by atoms with van der Waals surface area (Å²) in [5.41, 5.74) is 2.61. The lowest BCUT2D eigenvalue weighted by molar-refractivity contribution is -0.397. The van der Waals surface area contributed by atoms with Crippen LogP contribution in [0, 0.1) is 0 Å². The van der Waals surface area contributed by atoms with Gasteiger partial charge < -0.3 is 28.7 Å². The molecular formula is C41H43O8P. The monoisotopic (exact) mass is 694 g/mol. The quantitative estimate of drug-likeness (QED) is 0.107. The van der Waals surface area contributed by atoms with Crippen LogP contribution in [0.25, 0.3) is 0 Å². The maximum atomic E-state index is 13.2. The highest BCUT2D eigenvalue weighted by Gasteiger charge is 2.68. The Morgan fingerprint density at radius 3 is 1.44 bits per heavy atom. The van der Waals surface area contributed by atoms with Gasteiger partial charge in [0.2, 0.25) is 5.79 Å². The summed E-state index contributed by atoms with van der Waals surface area (Å²) >= 11 is 0. The van der Waals surface area contributed by atoms with E-state index in [1.165, 1.54) is 0 Å². The van der Waals surface area contributed by atoms with Crippen LogP contribution in [-0.2, 0) is 60.7 Å². The summed E-state index contributed by atoms with van der Waals surface area (Å²) in [5.74, 6) is -2.05. The maximum Gasteiger partial charge on any atom is 0.472 e. The van der Waals surface area contributed by atoms with E-state index in [9.17, 15) is 14.4 Å². The molecule has 6 rings (SSSR count). The van der Waals surface area contributed by atoms with Crippen molar-refractivity contribution in [3.63, 3.8) is 0 Å². The van der Waals surface area contributed by atoms with Crippen molar-refractivity contribution >= 4 is 7.82 Å². The molecule has 5 aromatic rings. The Hall–Kier alpha value is -3.95. The summed E-state index contributed by atoms with van der Waals surface area (Å²) in [7, 11) is -5.23. The van der Waals surface area contributed by atoms with Crippen molar-refractivity contribution in [3.05, 3.63) is 179 Å². The number of ether oxygens (including phenoxy) is 4. The summed E-state index contributed by atoms with van der Waals surface area (Å²) in [6.07, 6.45) is -2.39. The number of rotatable bonds is 15. The molecule has 5 atom stereocenters. The number of benzene rings is 5. The molecule has 0 bridgehead atoms. The molecule has 260 valence electrons. The van der Waals surface area contributed by atoms with Crippen LogP contribution in [0.1, 0.15) is 34.7 Å². The Morgan fingerprint density at radius 1 is 0.580 bits per heavy atom. The van der Waals surface area contributed by atoms with Crippen LogP contribution in [-0.4, -0.2) is 39.5 Å². The van der Waals surface area contributed by atoms with Gasteiger partial charge in [0.25, 0.3) is 0 Å². The average Bonchev–Trinajstić information content (AvgIpc) is 3.12. The van der Waals surface area contributed by atoms with Crippen molar-refractivity contribution in [3.8, 4) is 0 Å². The molecule has 50 heavy (non-hydrogen) atoms. The molecule has 0 radical (unpaired) electrons. The lowest BCUT2D eigenvalue weighted by Gasteiger charge is -2.59. The largest absolute Gasteiger partial charge is 0.472 e. The summed E-state index contributed by atoms with van der Waals surface area (Å²) in [4.78, 5) is 21.4. The van der Waals surface area contributed by atoms with Crippen LogP contribution in [0.15, 0.2) is 152 Å². The molecule has 1 heterocycles. The highest BCUT2D eigenvalue weighted by Crippen LogP contribution is 2.55. The number of hydrogen-bond donors (Lipinski definition) is 2. The second kappa shape index (κ2) is 16.4. The Morgan fingerprint density at radius 2 is 0.980 bits per heavy atom. The van der Waals surface area contributed by atoms with Gasteiger partial charge in [-0.25, -0.2) is 4.57 Å². The average molecular weight is 695 g/mol. The van der Waals surface area contributed by atoms with Crippen LogP contribution in [0.3, 0.4) is 0 Å². The van der Waals surface area contributed by atoms with Crippen molar-refractivity contribution in [2.75, 3.05) is 0 Å². The Balaban J connectivity index is 1.56. The van der Waals surface area contributed by atoms with Crippen LogP contribution in [0.2, 0.25) is 0 Å². The van der Waals surface area contributed by atoms with E-state index < -0.39 is 37.5 Å². The van der Waals surface area contributed by atoms with E-state index in [0.29, 0.717) is 0 Å². The second-order valence-corrected chi connectivity index (χ2v) is 13.8. The van der Waals surface area contributed by atoms with E-state index >= 15 is 0 Å². The van der Waals surface area contributed by atoms with Crippen molar-refractivity contribution in [1.29, 1.82) is 0 Å². The fourth-order valence-corrected chi connectivity index (χ4v) is 7.36. The third-order valence-corrected chi connectivity index (χ3v) is 9.53. The minimum atomic E-state index is -5.23. The fourth-order valence-electron chi connectivity index (χ4n) is 6.72. The first-order chi connectivity index (χ1) is 24.3. The summed E-state index contributed by atoms with van der Waals surface area (Å²) in [6, 6.07) is 48.2. The van der Waals surface area contributed by atoms with E-state index in [4.69, 9.17) is 23.5 Å². The fraction of sp³-hybridized carbons (Fsp3) is 0.268. The summed E-state index contributed by atoms with van der Waals surface area (Å²) in [6.45, 7) is 2.31. The summed E-state index contributed by atoms with van der Waals surface area (Å²) in [5, 5.41) is 0. The van der Waals surface area contributed by atoms with Gasteiger partial charge in [0.15, 0.2) is 5.60 Å². The van der Waals surface area contributed by atoms with Crippen molar-refractivity contribution in [2.45, 2.75) is 69.3 Å². The first-order valence-corrected chi connectivity index (χ1v) is 18.3. The van der Waals surface area contributed by atoms with Crippen molar-refractivity contribution < 1.29 is 37.8 Å². The Kier molecular flexibility index (Phi) is 11.7. The Labute approximate surface area is 293 Å². The number of hydrogen-bond acceptors (Lipinski definition) is 6. The maximum absolute atomic E-state index is 13.2. The van der Waals surface area contributed by atoms with Gasteiger partial charge in [-0.15, -0.1) is 0 Å². The van der Waals surface area contributed by atoms with Crippen LogP contribution < -0.4 is 0 Å². The number of phosphoric acid groups is 1. The molecule has 1 fully saturated rings. The molecule has 0 spiro atoms. The van der Waals surface area contributed by atoms with Gasteiger partial charge >= 0.3 is 7.82 Å². The smallest absolute Gasteiger partial charge is 0.368 e. The zero-order valence-electron chi connectivity index (χ0n) is 28.0. The Bertz CT molecular complexity index is 1790. The third-order valence-electron chi connectivity index (χ3n) is 8.99. The SMILES string of the molecule is C[C@H]1O[C@](Cc2ccccc2)(OP(=O)(O)O)[C@](Cc2ccccc2)(OCc2ccccc2)[C@@H](OCc2ccccc2)[C@@H]1OCc1ccccc1. The third kappa shape index (κ3) is 8.85. The van der Waals surface area contributed by atoms with Gasteiger partial charge in [-0.3, -0.25) is 4.52 Å².